The van der Waals surface area contributed by atoms with E-state index in [2.05, 4.69) is 24.1 Å². The van der Waals surface area contributed by atoms with Gasteiger partial charge in [-0.15, -0.1) is 0 Å². The smallest absolute Gasteiger partial charge is 0.240 e. The van der Waals surface area contributed by atoms with E-state index in [0.717, 1.165) is 24.8 Å². The summed E-state index contributed by atoms with van der Waals surface area (Å²) in [7, 11) is 0. The number of nitrogens with one attached hydrogen (secondary N) is 1. The average molecular weight is 250 g/mol. The van der Waals surface area contributed by atoms with Crippen molar-refractivity contribution in [2.45, 2.75) is 70.5 Å². The number of amides is 1. The van der Waals surface area contributed by atoms with E-state index in [9.17, 15) is 4.79 Å². The normalized spacial score (nSPS) is 41.4. The van der Waals surface area contributed by atoms with Crippen molar-refractivity contribution in [1.82, 2.24) is 10.2 Å². The van der Waals surface area contributed by atoms with Crippen LogP contribution in [0.25, 0.3) is 0 Å². The third-order valence-electron chi connectivity index (χ3n) is 4.85. The zero-order chi connectivity index (χ0) is 12.7. The number of likely N-dealkylation sites (tertiary alicyclic amines) is 1. The summed E-state index contributed by atoms with van der Waals surface area (Å²) in [5.41, 5.74) is 0. The Labute approximate surface area is 110 Å². The van der Waals surface area contributed by atoms with Crippen LogP contribution in [0.4, 0.5) is 0 Å². The highest BCUT2D eigenvalue weighted by atomic mass is 16.2. The minimum atomic E-state index is 0.130. The standard InChI is InChI=1S/C15H26N2O/c1-10-7-11(2)9-13(8-10)17-6-5-14(15(17)18)16-12-3-4-12/h10-14,16H,3-9H2,1-2H3. The third kappa shape index (κ3) is 2.56. The largest absolute Gasteiger partial charge is 0.338 e. The van der Waals surface area contributed by atoms with E-state index in [1.54, 1.807) is 0 Å². The van der Waals surface area contributed by atoms with Crippen LogP contribution in [0.15, 0.2) is 0 Å². The molecule has 0 aromatic heterocycles. The number of carbonyl (C=O) groups excluding carboxylic acids is 1. The van der Waals surface area contributed by atoms with Crippen LogP contribution >= 0.6 is 0 Å². The number of hydrogen-bond acceptors (Lipinski definition) is 2. The molecule has 3 unspecified atom stereocenters. The third-order valence-corrected chi connectivity index (χ3v) is 4.85. The molecule has 0 bridgehead atoms. The van der Waals surface area contributed by atoms with Crippen LogP contribution in [0.5, 0.6) is 0 Å². The molecule has 1 saturated heterocycles. The maximum atomic E-state index is 12.4. The van der Waals surface area contributed by atoms with Crippen molar-refractivity contribution in [3.8, 4) is 0 Å². The SMILES string of the molecule is CC1CC(C)CC(N2CCC(NC3CC3)C2=O)C1. The Hall–Kier alpha value is -0.570. The van der Waals surface area contributed by atoms with Crippen molar-refractivity contribution in [1.29, 1.82) is 0 Å². The Morgan fingerprint density at radius 1 is 1.06 bits per heavy atom. The van der Waals surface area contributed by atoms with Gasteiger partial charge in [0.25, 0.3) is 0 Å². The molecule has 1 aliphatic heterocycles. The summed E-state index contributed by atoms with van der Waals surface area (Å²) in [6, 6.07) is 1.29. The second-order valence-corrected chi connectivity index (χ2v) is 6.89. The van der Waals surface area contributed by atoms with Crippen LogP contribution in [0.1, 0.15) is 52.4 Å². The maximum absolute atomic E-state index is 12.4. The fraction of sp³-hybridized carbons (Fsp3) is 0.933. The van der Waals surface area contributed by atoms with Gasteiger partial charge >= 0.3 is 0 Å². The molecule has 3 nitrogen and oxygen atoms in total. The lowest BCUT2D eigenvalue weighted by atomic mass is 9.80. The number of carbonyl (C=O) groups is 1. The van der Waals surface area contributed by atoms with Crippen molar-refractivity contribution in [2.75, 3.05) is 6.54 Å². The van der Waals surface area contributed by atoms with Crippen molar-refractivity contribution in [2.24, 2.45) is 11.8 Å². The predicted octanol–water partition coefficient (Wildman–Crippen LogP) is 2.16. The highest BCUT2D eigenvalue weighted by Crippen LogP contribution is 2.33. The maximum Gasteiger partial charge on any atom is 0.240 e. The first kappa shape index (κ1) is 12.5. The Morgan fingerprint density at radius 2 is 1.72 bits per heavy atom. The van der Waals surface area contributed by atoms with Crippen LogP contribution in [-0.2, 0) is 4.79 Å². The van der Waals surface area contributed by atoms with Gasteiger partial charge in [-0.2, -0.15) is 0 Å². The molecule has 3 rings (SSSR count). The summed E-state index contributed by atoms with van der Waals surface area (Å²) < 4.78 is 0. The van der Waals surface area contributed by atoms with Gasteiger partial charge in [0.05, 0.1) is 6.04 Å². The second kappa shape index (κ2) is 4.84. The molecule has 3 heteroatoms. The van der Waals surface area contributed by atoms with E-state index in [4.69, 9.17) is 0 Å². The molecule has 3 fully saturated rings. The molecule has 2 aliphatic carbocycles. The van der Waals surface area contributed by atoms with E-state index >= 15 is 0 Å². The number of nitrogens with zero attached hydrogens (tertiary/aromatic N) is 1. The zero-order valence-electron chi connectivity index (χ0n) is 11.7. The van der Waals surface area contributed by atoms with Crippen molar-refractivity contribution in [3.63, 3.8) is 0 Å². The van der Waals surface area contributed by atoms with E-state index in [-0.39, 0.29) is 6.04 Å². The molecule has 0 radical (unpaired) electrons. The summed E-state index contributed by atoms with van der Waals surface area (Å²) in [6.45, 7) is 5.65. The molecule has 0 aromatic carbocycles. The zero-order valence-corrected chi connectivity index (χ0v) is 11.7. The van der Waals surface area contributed by atoms with Gasteiger partial charge < -0.3 is 10.2 Å². The quantitative estimate of drug-likeness (QED) is 0.832. The molecular formula is C15H26N2O. The predicted molar refractivity (Wildman–Crippen MR) is 72.2 cm³/mol. The fourth-order valence-electron chi connectivity index (χ4n) is 3.91. The van der Waals surface area contributed by atoms with Crippen LogP contribution in [0, 0.1) is 11.8 Å². The van der Waals surface area contributed by atoms with Crippen molar-refractivity contribution >= 4 is 5.91 Å². The molecule has 102 valence electrons. The van der Waals surface area contributed by atoms with E-state index in [1.807, 2.05) is 0 Å². The van der Waals surface area contributed by atoms with Crippen LogP contribution in [0.3, 0.4) is 0 Å². The monoisotopic (exact) mass is 250 g/mol. The summed E-state index contributed by atoms with van der Waals surface area (Å²) in [4.78, 5) is 14.6. The minimum Gasteiger partial charge on any atom is -0.338 e. The highest BCUT2D eigenvalue weighted by molar-refractivity contribution is 5.84. The molecule has 2 saturated carbocycles. The lowest BCUT2D eigenvalue weighted by Crippen LogP contribution is -2.45. The van der Waals surface area contributed by atoms with Crippen LogP contribution < -0.4 is 5.32 Å². The molecule has 1 N–H and O–H groups in total. The van der Waals surface area contributed by atoms with Crippen molar-refractivity contribution < 1.29 is 4.79 Å². The Bertz CT molecular complexity index is 316. The van der Waals surface area contributed by atoms with Gasteiger partial charge in [-0.1, -0.05) is 13.8 Å². The Balaban J connectivity index is 1.60. The molecule has 3 atom stereocenters. The average Bonchev–Trinajstić information content (AvgIpc) is 3.03. The number of hydrogen-bond donors (Lipinski definition) is 1. The minimum absolute atomic E-state index is 0.130. The topological polar surface area (TPSA) is 32.3 Å². The summed E-state index contributed by atoms with van der Waals surface area (Å²) in [5, 5.41) is 3.50. The number of rotatable bonds is 3. The van der Waals surface area contributed by atoms with Crippen LogP contribution in [-0.4, -0.2) is 35.5 Å². The summed E-state index contributed by atoms with van der Waals surface area (Å²) in [6.07, 6.45) is 7.32. The molecule has 1 heterocycles. The first-order chi connectivity index (χ1) is 8.63. The van der Waals surface area contributed by atoms with E-state index in [1.165, 1.54) is 32.1 Å². The molecule has 1 amide bonds. The first-order valence-electron chi connectivity index (χ1n) is 7.70. The highest BCUT2D eigenvalue weighted by Gasteiger charge is 2.40. The molecule has 0 aromatic rings. The van der Waals surface area contributed by atoms with Crippen LogP contribution in [0.2, 0.25) is 0 Å². The Kier molecular flexibility index (Phi) is 3.35. The Morgan fingerprint density at radius 3 is 2.33 bits per heavy atom. The summed E-state index contributed by atoms with van der Waals surface area (Å²) >= 11 is 0. The van der Waals surface area contributed by atoms with Gasteiger partial charge in [0.1, 0.15) is 0 Å². The molecule has 18 heavy (non-hydrogen) atoms. The van der Waals surface area contributed by atoms with Gasteiger partial charge in [0.15, 0.2) is 0 Å². The lowest BCUT2D eigenvalue weighted by Gasteiger charge is -2.37. The summed E-state index contributed by atoms with van der Waals surface area (Å²) in [5.74, 6) is 1.94. The second-order valence-electron chi connectivity index (χ2n) is 6.89. The van der Waals surface area contributed by atoms with Gasteiger partial charge in [-0.25, -0.2) is 0 Å². The molecule has 0 spiro atoms. The van der Waals surface area contributed by atoms with E-state index in [0.29, 0.717) is 18.0 Å². The first-order valence-corrected chi connectivity index (χ1v) is 7.70. The van der Waals surface area contributed by atoms with Crippen molar-refractivity contribution in [3.05, 3.63) is 0 Å². The van der Waals surface area contributed by atoms with Gasteiger partial charge in [-0.3, -0.25) is 4.79 Å². The van der Waals surface area contributed by atoms with Gasteiger partial charge in [-0.05, 0) is 50.4 Å². The van der Waals surface area contributed by atoms with Gasteiger partial charge in [0, 0.05) is 18.6 Å². The lowest BCUT2D eigenvalue weighted by molar-refractivity contribution is -0.132. The van der Waals surface area contributed by atoms with Gasteiger partial charge in [0.2, 0.25) is 5.91 Å². The fourth-order valence-corrected chi connectivity index (χ4v) is 3.91. The molecular weight excluding hydrogens is 224 g/mol. The van der Waals surface area contributed by atoms with E-state index < -0.39 is 0 Å². The molecule has 3 aliphatic rings.